The molecule has 3 aliphatic heterocycles. The number of pyridine rings is 1. The number of amides is 3. The smallest absolute Gasteiger partial charge is 0.322 e. The van der Waals surface area contributed by atoms with E-state index in [1.807, 2.05) is 23.1 Å². The number of rotatable bonds is 4. The summed E-state index contributed by atoms with van der Waals surface area (Å²) in [4.78, 5) is 36.8. The molecule has 6 rings (SSSR count). The second-order valence-electron chi connectivity index (χ2n) is 10.6. The molecular weight excluding hydrogens is 537 g/mol. The number of nitrogens with one attached hydrogen (secondary N) is 1. The van der Waals surface area contributed by atoms with Crippen molar-refractivity contribution in [2.75, 3.05) is 55.0 Å². The predicted octanol–water partition coefficient (Wildman–Crippen LogP) is 3.84. The molecule has 0 spiro atoms. The molecule has 2 aromatic carbocycles. The number of urea groups is 1. The number of ether oxygens (including phenoxy) is 1. The standard InChI is InChI=1S/C32H32FN5O4/c1-42-26-5-6-27-21(18-26)8-14-37(32(41)35-27)25-10-12-36(13-11-25)30-19-28(34-20-23(30)3-2-16-39)31(40)38-15-9-22-17-24(33)4-7-29(22)38/h4-7,17-20,25,39H,8-16H2,1H3,(H,35,41). The van der Waals surface area contributed by atoms with Crippen LogP contribution < -0.4 is 19.9 Å². The van der Waals surface area contributed by atoms with Crippen molar-refractivity contribution >= 4 is 29.0 Å². The second kappa shape index (κ2) is 11.7. The number of aliphatic hydroxyl groups excluding tert-OH is 1. The molecule has 216 valence electrons. The van der Waals surface area contributed by atoms with Crippen LogP contribution in [0.4, 0.5) is 26.2 Å². The van der Waals surface area contributed by atoms with Gasteiger partial charge in [0.25, 0.3) is 5.91 Å². The van der Waals surface area contributed by atoms with Crippen molar-refractivity contribution in [2.24, 2.45) is 0 Å². The molecule has 0 unspecified atom stereocenters. The number of hydrogen-bond acceptors (Lipinski definition) is 6. The maximum atomic E-state index is 13.7. The Morgan fingerprint density at radius 3 is 2.67 bits per heavy atom. The van der Waals surface area contributed by atoms with Crippen molar-refractivity contribution in [3.63, 3.8) is 0 Å². The van der Waals surface area contributed by atoms with E-state index in [0.29, 0.717) is 43.9 Å². The molecule has 0 saturated carbocycles. The summed E-state index contributed by atoms with van der Waals surface area (Å²) < 4.78 is 19.1. The molecule has 3 aromatic rings. The number of aromatic nitrogens is 1. The number of fused-ring (bicyclic) bond motifs is 2. The maximum absolute atomic E-state index is 13.7. The minimum atomic E-state index is -0.318. The average molecular weight is 570 g/mol. The van der Waals surface area contributed by atoms with Crippen LogP contribution in [0.3, 0.4) is 0 Å². The Hall–Kier alpha value is -4.62. The Labute approximate surface area is 243 Å². The van der Waals surface area contributed by atoms with Gasteiger partial charge in [0.2, 0.25) is 0 Å². The van der Waals surface area contributed by atoms with Crippen molar-refractivity contribution in [1.29, 1.82) is 0 Å². The number of aliphatic hydroxyl groups is 1. The molecule has 0 radical (unpaired) electrons. The van der Waals surface area contributed by atoms with Gasteiger partial charge in [0, 0.05) is 49.8 Å². The molecule has 0 atom stereocenters. The number of halogens is 1. The highest BCUT2D eigenvalue weighted by molar-refractivity contribution is 6.06. The largest absolute Gasteiger partial charge is 0.497 e. The second-order valence-corrected chi connectivity index (χ2v) is 10.6. The molecule has 9 nitrogen and oxygen atoms in total. The van der Waals surface area contributed by atoms with Crippen LogP contribution in [-0.2, 0) is 12.8 Å². The van der Waals surface area contributed by atoms with E-state index in [-0.39, 0.29) is 36.1 Å². The van der Waals surface area contributed by atoms with Crippen LogP contribution in [0.5, 0.6) is 5.75 Å². The van der Waals surface area contributed by atoms with Crippen molar-refractivity contribution in [3.05, 3.63) is 76.9 Å². The number of anilines is 3. The third-order valence-corrected chi connectivity index (χ3v) is 8.27. The fourth-order valence-electron chi connectivity index (χ4n) is 6.10. The first-order valence-electron chi connectivity index (χ1n) is 14.1. The van der Waals surface area contributed by atoms with Gasteiger partial charge in [0.15, 0.2) is 0 Å². The predicted molar refractivity (Wildman–Crippen MR) is 158 cm³/mol. The van der Waals surface area contributed by atoms with E-state index in [1.165, 1.54) is 12.1 Å². The average Bonchev–Trinajstić information content (AvgIpc) is 3.35. The summed E-state index contributed by atoms with van der Waals surface area (Å²) in [5.74, 6) is 5.86. The van der Waals surface area contributed by atoms with Gasteiger partial charge in [-0.25, -0.2) is 14.2 Å². The van der Waals surface area contributed by atoms with Crippen LogP contribution in [0.2, 0.25) is 0 Å². The molecule has 42 heavy (non-hydrogen) atoms. The van der Waals surface area contributed by atoms with Gasteiger partial charge in [0.05, 0.1) is 18.4 Å². The first-order valence-corrected chi connectivity index (χ1v) is 14.1. The molecule has 0 aliphatic carbocycles. The van der Waals surface area contributed by atoms with E-state index in [0.717, 1.165) is 47.5 Å². The van der Waals surface area contributed by atoms with Gasteiger partial charge in [-0.15, -0.1) is 0 Å². The summed E-state index contributed by atoms with van der Waals surface area (Å²) in [5, 5.41) is 12.4. The molecule has 0 bridgehead atoms. The highest BCUT2D eigenvalue weighted by atomic mass is 19.1. The monoisotopic (exact) mass is 569 g/mol. The van der Waals surface area contributed by atoms with Crippen molar-refractivity contribution in [2.45, 2.75) is 31.7 Å². The number of carbonyl (C=O) groups excluding carboxylic acids is 2. The molecule has 2 N–H and O–H groups in total. The number of benzene rings is 2. The lowest BCUT2D eigenvalue weighted by atomic mass is 10.0. The quantitative estimate of drug-likeness (QED) is 0.464. The summed E-state index contributed by atoms with van der Waals surface area (Å²) in [7, 11) is 1.63. The summed E-state index contributed by atoms with van der Waals surface area (Å²) in [6.45, 7) is 2.10. The van der Waals surface area contributed by atoms with Crippen LogP contribution in [0.15, 0.2) is 48.7 Å². The van der Waals surface area contributed by atoms with Crippen LogP contribution in [0.1, 0.15) is 40.0 Å². The van der Waals surface area contributed by atoms with Gasteiger partial charge >= 0.3 is 6.03 Å². The fourth-order valence-corrected chi connectivity index (χ4v) is 6.10. The summed E-state index contributed by atoms with van der Waals surface area (Å²) in [6, 6.07) is 11.9. The van der Waals surface area contributed by atoms with E-state index in [1.54, 1.807) is 30.3 Å². The Morgan fingerprint density at radius 2 is 1.88 bits per heavy atom. The first kappa shape index (κ1) is 27.5. The van der Waals surface area contributed by atoms with Gasteiger partial charge in [-0.1, -0.05) is 11.8 Å². The van der Waals surface area contributed by atoms with Crippen LogP contribution in [0.25, 0.3) is 0 Å². The third kappa shape index (κ3) is 5.35. The first-order chi connectivity index (χ1) is 20.4. The van der Waals surface area contributed by atoms with Gasteiger partial charge in [-0.3, -0.25) is 4.79 Å². The van der Waals surface area contributed by atoms with Crippen molar-refractivity contribution in [1.82, 2.24) is 9.88 Å². The number of methoxy groups -OCH3 is 1. The van der Waals surface area contributed by atoms with Crippen LogP contribution >= 0.6 is 0 Å². The van der Waals surface area contributed by atoms with Crippen molar-refractivity contribution in [3.8, 4) is 17.6 Å². The number of piperidine rings is 1. The summed E-state index contributed by atoms with van der Waals surface area (Å²) >= 11 is 0. The van der Waals surface area contributed by atoms with E-state index in [2.05, 4.69) is 27.0 Å². The molecule has 1 aromatic heterocycles. The van der Waals surface area contributed by atoms with Gasteiger partial charge in [0.1, 0.15) is 23.9 Å². The zero-order valence-corrected chi connectivity index (χ0v) is 23.4. The lowest BCUT2D eigenvalue weighted by Gasteiger charge is -2.39. The SMILES string of the molecule is COc1ccc2c(c1)CCN(C1CCN(c3cc(C(=O)N4CCc5cc(F)ccc54)ncc3C#CCO)CC1)C(=O)N2. The molecule has 3 amide bonds. The molecule has 3 aliphatic rings. The van der Waals surface area contributed by atoms with E-state index in [4.69, 9.17) is 4.74 Å². The van der Waals surface area contributed by atoms with E-state index in [9.17, 15) is 19.1 Å². The molecular formula is C32H32FN5O4. The topological polar surface area (TPSA) is 98.2 Å². The van der Waals surface area contributed by atoms with E-state index >= 15 is 0 Å². The van der Waals surface area contributed by atoms with Crippen molar-refractivity contribution < 1.29 is 23.8 Å². The zero-order chi connectivity index (χ0) is 29.2. The lowest BCUT2D eigenvalue weighted by Crippen LogP contribution is -2.49. The number of hydrogen-bond donors (Lipinski definition) is 2. The molecule has 1 saturated heterocycles. The minimum Gasteiger partial charge on any atom is -0.497 e. The number of carbonyl (C=O) groups is 2. The third-order valence-electron chi connectivity index (χ3n) is 8.27. The van der Waals surface area contributed by atoms with Gasteiger partial charge in [-0.05, 0) is 79.3 Å². The maximum Gasteiger partial charge on any atom is 0.322 e. The highest BCUT2D eigenvalue weighted by Gasteiger charge is 2.32. The highest BCUT2D eigenvalue weighted by Crippen LogP contribution is 2.32. The van der Waals surface area contributed by atoms with Crippen LogP contribution in [0, 0.1) is 17.7 Å². The molecule has 1 fully saturated rings. The Balaban J connectivity index is 1.19. The van der Waals surface area contributed by atoms with Gasteiger partial charge < -0.3 is 29.9 Å². The lowest BCUT2D eigenvalue weighted by molar-refractivity contribution is 0.0984. The van der Waals surface area contributed by atoms with Crippen LogP contribution in [-0.4, -0.2) is 72.9 Å². The normalized spacial score (nSPS) is 16.6. The number of nitrogens with zero attached hydrogens (tertiary/aromatic N) is 4. The fraction of sp³-hybridized carbons (Fsp3) is 0.344. The Bertz CT molecular complexity index is 1590. The summed E-state index contributed by atoms with van der Waals surface area (Å²) in [5.41, 5.74) is 5.04. The minimum absolute atomic E-state index is 0.0638. The zero-order valence-electron chi connectivity index (χ0n) is 23.4. The van der Waals surface area contributed by atoms with Gasteiger partial charge in [-0.2, -0.15) is 0 Å². The summed E-state index contributed by atoms with van der Waals surface area (Å²) in [6.07, 6.45) is 4.39. The molecule has 4 heterocycles. The Morgan fingerprint density at radius 1 is 1.07 bits per heavy atom. The Kier molecular flexibility index (Phi) is 7.68. The van der Waals surface area contributed by atoms with E-state index < -0.39 is 0 Å². The molecule has 10 heteroatoms.